The standard InChI is InChI=1S/C13H16N4O/c1-2-13(18-7-1)8-15-11-3-5-12(6-4-11)17-10-14-9-16-17/h3-6,9-10,13,15H,1-2,7-8H2. The average Bonchev–Trinajstić information content (AvgIpc) is 3.10. The molecular weight excluding hydrogens is 228 g/mol. The van der Waals surface area contributed by atoms with E-state index in [-0.39, 0.29) is 0 Å². The minimum absolute atomic E-state index is 0.361. The van der Waals surface area contributed by atoms with Gasteiger partial charge in [-0.15, -0.1) is 0 Å². The number of aromatic nitrogens is 3. The van der Waals surface area contributed by atoms with Gasteiger partial charge < -0.3 is 10.1 Å². The zero-order chi connectivity index (χ0) is 12.2. The summed E-state index contributed by atoms with van der Waals surface area (Å²) in [4.78, 5) is 3.93. The van der Waals surface area contributed by atoms with E-state index in [1.165, 1.54) is 12.7 Å². The molecule has 0 saturated carbocycles. The number of anilines is 1. The van der Waals surface area contributed by atoms with Crippen LogP contribution >= 0.6 is 0 Å². The highest BCUT2D eigenvalue weighted by molar-refractivity contribution is 5.48. The Balaban J connectivity index is 1.60. The first kappa shape index (κ1) is 11.2. The zero-order valence-corrected chi connectivity index (χ0v) is 10.1. The van der Waals surface area contributed by atoms with E-state index in [1.807, 2.05) is 24.3 Å². The molecule has 1 aromatic carbocycles. The van der Waals surface area contributed by atoms with Crippen molar-refractivity contribution in [2.75, 3.05) is 18.5 Å². The number of hydrogen-bond acceptors (Lipinski definition) is 4. The van der Waals surface area contributed by atoms with E-state index < -0.39 is 0 Å². The Morgan fingerprint density at radius 2 is 2.22 bits per heavy atom. The molecule has 1 aliphatic rings. The predicted octanol–water partition coefficient (Wildman–Crippen LogP) is 1.86. The first-order chi connectivity index (χ1) is 8.92. The van der Waals surface area contributed by atoms with E-state index in [0.717, 1.165) is 30.9 Å². The Labute approximate surface area is 106 Å². The third-order valence-electron chi connectivity index (χ3n) is 3.11. The summed E-state index contributed by atoms with van der Waals surface area (Å²) in [5, 5.41) is 7.48. The second kappa shape index (κ2) is 5.18. The maximum absolute atomic E-state index is 5.57. The normalized spacial score (nSPS) is 19.0. The van der Waals surface area contributed by atoms with Gasteiger partial charge in [0.1, 0.15) is 12.7 Å². The summed E-state index contributed by atoms with van der Waals surface area (Å²) in [6.45, 7) is 1.78. The minimum atomic E-state index is 0.361. The third-order valence-corrected chi connectivity index (χ3v) is 3.11. The second-order valence-corrected chi connectivity index (χ2v) is 4.40. The molecule has 5 nitrogen and oxygen atoms in total. The number of nitrogens with zero attached hydrogens (tertiary/aromatic N) is 3. The third kappa shape index (κ3) is 2.51. The van der Waals surface area contributed by atoms with Crippen LogP contribution in [-0.4, -0.2) is 34.0 Å². The van der Waals surface area contributed by atoms with Gasteiger partial charge in [0.25, 0.3) is 0 Å². The molecule has 0 bridgehead atoms. The van der Waals surface area contributed by atoms with Crippen molar-refractivity contribution in [3.8, 4) is 5.69 Å². The number of hydrogen-bond donors (Lipinski definition) is 1. The van der Waals surface area contributed by atoms with Gasteiger partial charge >= 0.3 is 0 Å². The van der Waals surface area contributed by atoms with Crippen LogP contribution in [0.25, 0.3) is 5.69 Å². The number of rotatable bonds is 4. The Morgan fingerprint density at radius 1 is 1.33 bits per heavy atom. The quantitative estimate of drug-likeness (QED) is 0.892. The van der Waals surface area contributed by atoms with E-state index in [4.69, 9.17) is 4.74 Å². The molecule has 0 spiro atoms. The fourth-order valence-electron chi connectivity index (χ4n) is 2.11. The summed E-state index contributed by atoms with van der Waals surface area (Å²) in [6.07, 6.45) is 5.92. The SMILES string of the molecule is c1ncn(-c2ccc(NCC3CCCO3)cc2)n1. The highest BCUT2D eigenvalue weighted by atomic mass is 16.5. The van der Waals surface area contributed by atoms with Gasteiger partial charge in [-0.05, 0) is 37.1 Å². The summed E-state index contributed by atoms with van der Waals surface area (Å²) < 4.78 is 7.31. The van der Waals surface area contributed by atoms with E-state index in [1.54, 1.807) is 11.0 Å². The summed E-state index contributed by atoms with van der Waals surface area (Å²) in [7, 11) is 0. The molecule has 2 heterocycles. The van der Waals surface area contributed by atoms with Crippen LogP contribution < -0.4 is 5.32 Å². The topological polar surface area (TPSA) is 52.0 Å². The number of ether oxygens (including phenoxy) is 1. The predicted molar refractivity (Wildman–Crippen MR) is 68.8 cm³/mol. The fourth-order valence-corrected chi connectivity index (χ4v) is 2.11. The molecule has 1 atom stereocenters. The molecule has 18 heavy (non-hydrogen) atoms. The molecule has 0 amide bonds. The molecule has 1 aliphatic heterocycles. The molecule has 1 unspecified atom stereocenters. The molecule has 5 heteroatoms. The van der Waals surface area contributed by atoms with Crippen molar-refractivity contribution in [1.82, 2.24) is 14.8 Å². The van der Waals surface area contributed by atoms with Crippen molar-refractivity contribution in [3.05, 3.63) is 36.9 Å². The summed E-state index contributed by atoms with van der Waals surface area (Å²) in [5.41, 5.74) is 2.12. The fraction of sp³-hybridized carbons (Fsp3) is 0.385. The van der Waals surface area contributed by atoms with E-state index >= 15 is 0 Å². The van der Waals surface area contributed by atoms with E-state index in [9.17, 15) is 0 Å². The summed E-state index contributed by atoms with van der Waals surface area (Å²) in [5.74, 6) is 0. The van der Waals surface area contributed by atoms with Crippen molar-refractivity contribution in [3.63, 3.8) is 0 Å². The van der Waals surface area contributed by atoms with Crippen LogP contribution in [0.1, 0.15) is 12.8 Å². The van der Waals surface area contributed by atoms with Crippen LogP contribution in [0, 0.1) is 0 Å². The maximum Gasteiger partial charge on any atom is 0.138 e. The number of benzene rings is 1. The van der Waals surface area contributed by atoms with E-state index in [0.29, 0.717) is 6.10 Å². The van der Waals surface area contributed by atoms with Crippen LogP contribution in [0.3, 0.4) is 0 Å². The molecule has 0 aliphatic carbocycles. The lowest BCUT2D eigenvalue weighted by molar-refractivity contribution is 0.120. The molecule has 2 aromatic rings. The van der Waals surface area contributed by atoms with Crippen molar-refractivity contribution in [2.45, 2.75) is 18.9 Å². The lowest BCUT2D eigenvalue weighted by Crippen LogP contribution is -2.18. The van der Waals surface area contributed by atoms with Crippen molar-refractivity contribution < 1.29 is 4.74 Å². The lowest BCUT2D eigenvalue weighted by atomic mass is 10.2. The Hall–Kier alpha value is -1.88. The lowest BCUT2D eigenvalue weighted by Gasteiger charge is -2.12. The van der Waals surface area contributed by atoms with Gasteiger partial charge in [0, 0.05) is 18.8 Å². The first-order valence-corrected chi connectivity index (χ1v) is 6.22. The summed E-state index contributed by atoms with van der Waals surface area (Å²) >= 11 is 0. The molecular formula is C13H16N4O. The van der Waals surface area contributed by atoms with Gasteiger partial charge in [-0.2, -0.15) is 5.10 Å². The molecule has 1 N–H and O–H groups in total. The van der Waals surface area contributed by atoms with Crippen molar-refractivity contribution >= 4 is 5.69 Å². The second-order valence-electron chi connectivity index (χ2n) is 4.40. The van der Waals surface area contributed by atoms with Gasteiger partial charge in [0.15, 0.2) is 0 Å². The number of nitrogens with one attached hydrogen (secondary N) is 1. The molecule has 0 radical (unpaired) electrons. The summed E-state index contributed by atoms with van der Waals surface area (Å²) in [6, 6.07) is 8.14. The van der Waals surface area contributed by atoms with Crippen LogP contribution in [0.4, 0.5) is 5.69 Å². The highest BCUT2D eigenvalue weighted by Crippen LogP contribution is 2.15. The van der Waals surface area contributed by atoms with Gasteiger partial charge in [-0.3, -0.25) is 0 Å². The Kier molecular flexibility index (Phi) is 3.23. The minimum Gasteiger partial charge on any atom is -0.382 e. The smallest absolute Gasteiger partial charge is 0.138 e. The van der Waals surface area contributed by atoms with Crippen molar-refractivity contribution in [1.29, 1.82) is 0 Å². The van der Waals surface area contributed by atoms with Gasteiger partial charge in [-0.25, -0.2) is 9.67 Å². The molecule has 1 saturated heterocycles. The molecule has 1 aromatic heterocycles. The van der Waals surface area contributed by atoms with Crippen molar-refractivity contribution in [2.24, 2.45) is 0 Å². The first-order valence-electron chi connectivity index (χ1n) is 6.22. The highest BCUT2D eigenvalue weighted by Gasteiger charge is 2.14. The Morgan fingerprint density at radius 3 is 2.89 bits per heavy atom. The zero-order valence-electron chi connectivity index (χ0n) is 10.1. The maximum atomic E-state index is 5.57. The van der Waals surface area contributed by atoms with E-state index in [2.05, 4.69) is 15.4 Å². The van der Waals surface area contributed by atoms with Gasteiger partial charge in [0.05, 0.1) is 11.8 Å². The Bertz CT molecular complexity index is 474. The van der Waals surface area contributed by atoms with Crippen LogP contribution in [0.15, 0.2) is 36.9 Å². The largest absolute Gasteiger partial charge is 0.382 e. The molecule has 1 fully saturated rings. The monoisotopic (exact) mass is 244 g/mol. The molecule has 94 valence electrons. The average molecular weight is 244 g/mol. The molecule has 3 rings (SSSR count). The van der Waals surface area contributed by atoms with Crippen LogP contribution in [0.5, 0.6) is 0 Å². The van der Waals surface area contributed by atoms with Gasteiger partial charge in [0.2, 0.25) is 0 Å². The van der Waals surface area contributed by atoms with Gasteiger partial charge in [-0.1, -0.05) is 0 Å². The van der Waals surface area contributed by atoms with Crippen LogP contribution in [0.2, 0.25) is 0 Å². The van der Waals surface area contributed by atoms with Crippen LogP contribution in [-0.2, 0) is 4.74 Å².